The summed E-state index contributed by atoms with van der Waals surface area (Å²) in [6.45, 7) is 1.42. The molecule has 0 N–H and O–H groups in total. The molecule has 1 heterocycles. The number of esters is 2. The van der Waals surface area contributed by atoms with Gasteiger partial charge in [0.2, 0.25) is 0 Å². The van der Waals surface area contributed by atoms with Crippen molar-refractivity contribution in [2.45, 2.75) is 31.8 Å². The Morgan fingerprint density at radius 1 is 1.50 bits per heavy atom. The van der Waals surface area contributed by atoms with Crippen LogP contribution in [0.15, 0.2) is 0 Å². The Bertz CT molecular complexity index is 361. The number of ether oxygens (including phenoxy) is 2. The molecule has 88 valence electrons. The van der Waals surface area contributed by atoms with Crippen LogP contribution in [-0.2, 0) is 23.9 Å². The van der Waals surface area contributed by atoms with Gasteiger partial charge in [0.1, 0.15) is 0 Å². The van der Waals surface area contributed by atoms with Crippen LogP contribution >= 0.6 is 0 Å². The average Bonchev–Trinajstić information content (AvgIpc) is 2.52. The van der Waals surface area contributed by atoms with Crippen LogP contribution in [0.1, 0.15) is 26.2 Å². The van der Waals surface area contributed by atoms with E-state index in [1.54, 1.807) is 0 Å². The molecule has 0 spiro atoms. The Morgan fingerprint density at radius 3 is 2.75 bits per heavy atom. The monoisotopic (exact) mass is 226 g/mol. The third kappa shape index (κ3) is 1.42. The molecule has 16 heavy (non-hydrogen) atoms. The maximum atomic E-state index is 11.6. The molecule has 0 aromatic heterocycles. The SMILES string of the molecule is COC(=O)[C@@H]1CC[C@]2(C(C)=O)C[C@H]1C(=O)O2. The number of methoxy groups -OCH3 is 1. The summed E-state index contributed by atoms with van der Waals surface area (Å²) in [6.07, 6.45) is 1.22. The van der Waals surface area contributed by atoms with Crippen LogP contribution in [0, 0.1) is 11.8 Å². The highest BCUT2D eigenvalue weighted by molar-refractivity contribution is 5.94. The highest BCUT2D eigenvalue weighted by Crippen LogP contribution is 2.46. The molecule has 1 aliphatic carbocycles. The molecule has 0 radical (unpaired) electrons. The van der Waals surface area contributed by atoms with E-state index in [0.29, 0.717) is 19.3 Å². The van der Waals surface area contributed by atoms with Crippen LogP contribution in [0.25, 0.3) is 0 Å². The normalized spacial score (nSPS) is 36.8. The van der Waals surface area contributed by atoms with Crippen molar-refractivity contribution in [2.75, 3.05) is 7.11 Å². The lowest BCUT2D eigenvalue weighted by molar-refractivity contribution is -0.157. The zero-order chi connectivity index (χ0) is 11.9. The molecule has 2 fully saturated rings. The summed E-state index contributed by atoms with van der Waals surface area (Å²) in [5.41, 5.74) is -0.966. The maximum Gasteiger partial charge on any atom is 0.310 e. The molecule has 5 nitrogen and oxygen atoms in total. The number of carbonyl (C=O) groups is 3. The molecule has 0 aromatic carbocycles. The van der Waals surface area contributed by atoms with Gasteiger partial charge in [-0.2, -0.15) is 0 Å². The number of ketones is 1. The first-order valence-corrected chi connectivity index (χ1v) is 5.32. The summed E-state index contributed by atoms with van der Waals surface area (Å²) in [5, 5.41) is 0. The zero-order valence-corrected chi connectivity index (χ0v) is 9.32. The summed E-state index contributed by atoms with van der Waals surface area (Å²) in [6, 6.07) is 0. The molecule has 2 rings (SSSR count). The molecule has 1 aliphatic heterocycles. The number of fused-ring (bicyclic) bond motifs is 2. The van der Waals surface area contributed by atoms with Gasteiger partial charge in [0.25, 0.3) is 0 Å². The Morgan fingerprint density at radius 2 is 2.19 bits per heavy atom. The number of hydrogen-bond acceptors (Lipinski definition) is 5. The standard InChI is InChI=1S/C11H14O5/c1-6(12)11-4-3-7(9(13)15-2)8(5-11)10(14)16-11/h7-8H,3-5H2,1-2H3/t7-,8-,11-/m1/s1. The fourth-order valence-electron chi connectivity index (χ4n) is 2.62. The summed E-state index contributed by atoms with van der Waals surface area (Å²) < 4.78 is 9.81. The van der Waals surface area contributed by atoms with Gasteiger partial charge in [0.15, 0.2) is 11.4 Å². The third-order valence-electron chi connectivity index (χ3n) is 3.64. The second kappa shape index (κ2) is 3.57. The lowest BCUT2D eigenvalue weighted by atomic mass is 9.72. The van der Waals surface area contributed by atoms with Gasteiger partial charge in [-0.25, -0.2) is 0 Å². The van der Waals surface area contributed by atoms with Crippen LogP contribution in [0.5, 0.6) is 0 Å². The fourth-order valence-corrected chi connectivity index (χ4v) is 2.62. The van der Waals surface area contributed by atoms with Crippen molar-refractivity contribution in [2.24, 2.45) is 11.8 Å². The molecule has 0 unspecified atom stereocenters. The van der Waals surface area contributed by atoms with Gasteiger partial charge in [-0.3, -0.25) is 14.4 Å². The van der Waals surface area contributed by atoms with Gasteiger partial charge in [0.05, 0.1) is 18.9 Å². The van der Waals surface area contributed by atoms with Crippen LogP contribution in [-0.4, -0.2) is 30.4 Å². The summed E-state index contributed by atoms with van der Waals surface area (Å²) in [7, 11) is 1.30. The van der Waals surface area contributed by atoms with Gasteiger partial charge < -0.3 is 9.47 Å². The van der Waals surface area contributed by atoms with Gasteiger partial charge in [-0.1, -0.05) is 0 Å². The van der Waals surface area contributed by atoms with Crippen LogP contribution in [0.2, 0.25) is 0 Å². The van der Waals surface area contributed by atoms with Gasteiger partial charge >= 0.3 is 11.9 Å². The van der Waals surface area contributed by atoms with Crippen molar-refractivity contribution in [3.05, 3.63) is 0 Å². The number of Topliss-reactive ketones (excluding diaryl/α,β-unsaturated/α-hetero) is 1. The Balaban J connectivity index is 2.24. The van der Waals surface area contributed by atoms with E-state index in [9.17, 15) is 14.4 Å². The topological polar surface area (TPSA) is 69.7 Å². The largest absolute Gasteiger partial charge is 0.469 e. The molecule has 1 saturated carbocycles. The minimum Gasteiger partial charge on any atom is -0.469 e. The lowest BCUT2D eigenvalue weighted by Gasteiger charge is -2.30. The van der Waals surface area contributed by atoms with Crippen molar-refractivity contribution in [3.63, 3.8) is 0 Å². The zero-order valence-electron chi connectivity index (χ0n) is 9.32. The van der Waals surface area contributed by atoms with E-state index < -0.39 is 23.4 Å². The average molecular weight is 226 g/mol. The van der Waals surface area contributed by atoms with Crippen molar-refractivity contribution in [1.29, 1.82) is 0 Å². The number of carbonyl (C=O) groups excluding carboxylic acids is 3. The molecule has 0 aromatic rings. The van der Waals surface area contributed by atoms with Crippen LogP contribution in [0.3, 0.4) is 0 Å². The Kier molecular flexibility index (Phi) is 2.48. The summed E-state index contributed by atoms with van der Waals surface area (Å²) >= 11 is 0. The second-order valence-corrected chi connectivity index (χ2v) is 4.45. The highest BCUT2D eigenvalue weighted by Gasteiger charge is 2.57. The molecular formula is C11H14O5. The molecule has 2 bridgehead atoms. The first kappa shape index (κ1) is 11.1. The predicted octanol–water partition coefficient (Wildman–Crippen LogP) is 0.460. The van der Waals surface area contributed by atoms with Gasteiger partial charge in [-0.05, 0) is 19.8 Å². The van der Waals surface area contributed by atoms with E-state index in [0.717, 1.165) is 0 Å². The molecule has 0 amide bonds. The lowest BCUT2D eigenvalue weighted by Crippen LogP contribution is -2.41. The highest BCUT2D eigenvalue weighted by atomic mass is 16.6. The molecule has 3 atom stereocenters. The van der Waals surface area contributed by atoms with E-state index in [2.05, 4.69) is 4.74 Å². The second-order valence-electron chi connectivity index (χ2n) is 4.45. The number of hydrogen-bond donors (Lipinski definition) is 0. The first-order valence-electron chi connectivity index (χ1n) is 5.32. The first-order chi connectivity index (χ1) is 7.50. The van der Waals surface area contributed by atoms with Crippen molar-refractivity contribution >= 4 is 17.7 Å². The maximum absolute atomic E-state index is 11.6. The molecular weight excluding hydrogens is 212 g/mol. The quantitative estimate of drug-likeness (QED) is 0.640. The van der Waals surface area contributed by atoms with E-state index in [-0.39, 0.29) is 11.8 Å². The minimum absolute atomic E-state index is 0.133. The fraction of sp³-hybridized carbons (Fsp3) is 0.727. The molecule has 5 heteroatoms. The number of rotatable bonds is 2. The van der Waals surface area contributed by atoms with E-state index in [1.165, 1.54) is 14.0 Å². The van der Waals surface area contributed by atoms with E-state index in [1.807, 2.05) is 0 Å². The summed E-state index contributed by atoms with van der Waals surface area (Å²) in [4.78, 5) is 34.6. The molecule has 1 saturated heterocycles. The van der Waals surface area contributed by atoms with Crippen LogP contribution in [0.4, 0.5) is 0 Å². The summed E-state index contributed by atoms with van der Waals surface area (Å²) in [5.74, 6) is -1.92. The molecule has 2 aliphatic rings. The van der Waals surface area contributed by atoms with Crippen molar-refractivity contribution < 1.29 is 23.9 Å². The van der Waals surface area contributed by atoms with Crippen molar-refractivity contribution in [1.82, 2.24) is 0 Å². The Labute approximate surface area is 93.1 Å². The third-order valence-corrected chi connectivity index (χ3v) is 3.64. The van der Waals surface area contributed by atoms with E-state index >= 15 is 0 Å². The van der Waals surface area contributed by atoms with Crippen molar-refractivity contribution in [3.8, 4) is 0 Å². The smallest absolute Gasteiger partial charge is 0.310 e. The predicted molar refractivity (Wildman–Crippen MR) is 52.4 cm³/mol. The van der Waals surface area contributed by atoms with E-state index in [4.69, 9.17) is 4.74 Å². The Hall–Kier alpha value is -1.39. The van der Waals surface area contributed by atoms with Crippen LogP contribution < -0.4 is 0 Å². The van der Waals surface area contributed by atoms with Gasteiger partial charge in [-0.15, -0.1) is 0 Å². The minimum atomic E-state index is -0.966. The van der Waals surface area contributed by atoms with Gasteiger partial charge in [0, 0.05) is 6.42 Å².